The molecule has 1 N–H and O–H groups in total. The van der Waals surface area contributed by atoms with Crippen LogP contribution in [0.5, 0.6) is 11.5 Å². The van der Waals surface area contributed by atoms with Gasteiger partial charge in [-0.15, -0.1) is 0 Å². The van der Waals surface area contributed by atoms with Gasteiger partial charge in [0.05, 0.1) is 23.8 Å². The number of hydrogen-bond acceptors (Lipinski definition) is 6. The van der Waals surface area contributed by atoms with E-state index in [4.69, 9.17) is 9.47 Å². The summed E-state index contributed by atoms with van der Waals surface area (Å²) in [4.78, 5) is -0.0236. The Hall–Kier alpha value is -2.30. The largest absolute Gasteiger partial charge is 0.493 e. The maximum atomic E-state index is 12.8. The Morgan fingerprint density at radius 2 is 1.86 bits per heavy atom. The molecule has 1 heterocycles. The first-order valence-electron chi connectivity index (χ1n) is 8.63. The summed E-state index contributed by atoms with van der Waals surface area (Å²) in [5, 5.41) is 0. The highest BCUT2D eigenvalue weighted by Crippen LogP contribution is 2.31. The van der Waals surface area contributed by atoms with Gasteiger partial charge in [0.15, 0.2) is 0 Å². The van der Waals surface area contributed by atoms with E-state index in [1.54, 1.807) is 19.1 Å². The average Bonchev–Trinajstić information content (AvgIpc) is 3.10. The molecular formula is C18H22N2O6S2. The van der Waals surface area contributed by atoms with Crippen molar-refractivity contribution in [3.8, 4) is 11.5 Å². The van der Waals surface area contributed by atoms with Crippen molar-refractivity contribution >= 4 is 25.7 Å². The zero-order chi connectivity index (χ0) is 20.5. The van der Waals surface area contributed by atoms with E-state index in [0.717, 1.165) is 9.87 Å². The molecule has 0 saturated heterocycles. The number of sulfonamides is 2. The van der Waals surface area contributed by atoms with Crippen molar-refractivity contribution in [1.29, 1.82) is 0 Å². The minimum Gasteiger partial charge on any atom is -0.493 e. The second kappa shape index (κ2) is 7.61. The Kier molecular flexibility index (Phi) is 5.55. The number of rotatable bonds is 7. The van der Waals surface area contributed by atoms with Crippen LogP contribution in [0.25, 0.3) is 0 Å². The van der Waals surface area contributed by atoms with E-state index >= 15 is 0 Å². The van der Waals surface area contributed by atoms with Gasteiger partial charge in [0.2, 0.25) is 10.0 Å². The van der Waals surface area contributed by atoms with Crippen LogP contribution in [-0.2, 0) is 26.5 Å². The van der Waals surface area contributed by atoms with Crippen LogP contribution in [0.3, 0.4) is 0 Å². The van der Waals surface area contributed by atoms with Crippen molar-refractivity contribution in [3.05, 3.63) is 42.0 Å². The molecule has 3 rings (SSSR count). The van der Waals surface area contributed by atoms with Crippen LogP contribution in [0, 0.1) is 0 Å². The van der Waals surface area contributed by atoms with Gasteiger partial charge >= 0.3 is 0 Å². The van der Waals surface area contributed by atoms with Crippen LogP contribution < -0.4 is 14.2 Å². The Morgan fingerprint density at radius 3 is 2.54 bits per heavy atom. The highest BCUT2D eigenvalue weighted by molar-refractivity contribution is 7.92. The first-order valence-corrected chi connectivity index (χ1v) is 11.6. The molecule has 10 heteroatoms. The molecule has 0 aromatic heterocycles. The summed E-state index contributed by atoms with van der Waals surface area (Å²) in [5.74, 6) is 0.841. The first kappa shape index (κ1) is 20.4. The Balaban J connectivity index is 1.98. The van der Waals surface area contributed by atoms with Crippen molar-refractivity contribution in [2.75, 3.05) is 32.0 Å². The monoisotopic (exact) mass is 426 g/mol. The molecule has 1 aliphatic heterocycles. The molecule has 2 aromatic rings. The summed E-state index contributed by atoms with van der Waals surface area (Å²) in [6, 6.07) is 8.81. The summed E-state index contributed by atoms with van der Waals surface area (Å²) >= 11 is 0. The van der Waals surface area contributed by atoms with Crippen LogP contribution in [0.15, 0.2) is 46.2 Å². The third kappa shape index (κ3) is 3.94. The lowest BCUT2D eigenvalue weighted by molar-refractivity contribution is 0.330. The fraction of sp³-hybridized carbons (Fsp3) is 0.333. The second-order valence-corrected chi connectivity index (χ2v) is 10.2. The fourth-order valence-corrected chi connectivity index (χ4v) is 4.94. The van der Waals surface area contributed by atoms with E-state index in [-0.39, 0.29) is 27.8 Å². The predicted octanol–water partition coefficient (Wildman–Crippen LogP) is 2.07. The van der Waals surface area contributed by atoms with E-state index in [1.165, 1.54) is 38.4 Å². The zero-order valence-corrected chi connectivity index (χ0v) is 17.4. The predicted molar refractivity (Wildman–Crippen MR) is 105 cm³/mol. The van der Waals surface area contributed by atoms with Crippen LogP contribution in [0.1, 0.15) is 12.5 Å². The number of ether oxygens (including phenoxy) is 2. The van der Waals surface area contributed by atoms with Crippen molar-refractivity contribution in [1.82, 2.24) is 4.31 Å². The molecule has 1 aliphatic rings. The van der Waals surface area contributed by atoms with Gasteiger partial charge in [-0.2, -0.15) is 0 Å². The topological polar surface area (TPSA) is 102 Å². The number of fused-ring (bicyclic) bond motifs is 1. The second-order valence-electron chi connectivity index (χ2n) is 6.36. The molecule has 152 valence electrons. The number of nitrogens with one attached hydrogen (secondary N) is 1. The standard InChI is InChI=1S/C18H22N2O6S2/c1-4-25-17-7-5-14(12-18(17)28(23,24)20(2)3)19-27(21,22)15-6-8-16-13(11-15)9-10-26-16/h5-8,11-12,19H,4,9-10H2,1-3H3. The molecule has 0 atom stereocenters. The third-order valence-electron chi connectivity index (χ3n) is 4.23. The first-order chi connectivity index (χ1) is 13.1. The molecule has 28 heavy (non-hydrogen) atoms. The van der Waals surface area contributed by atoms with Crippen LogP contribution in [0.2, 0.25) is 0 Å². The van der Waals surface area contributed by atoms with E-state index < -0.39 is 20.0 Å². The van der Waals surface area contributed by atoms with Gasteiger partial charge < -0.3 is 9.47 Å². The van der Waals surface area contributed by atoms with Crippen LogP contribution in [0.4, 0.5) is 5.69 Å². The van der Waals surface area contributed by atoms with Gasteiger partial charge in [-0.25, -0.2) is 21.1 Å². The number of hydrogen-bond donors (Lipinski definition) is 1. The van der Waals surface area contributed by atoms with Crippen LogP contribution >= 0.6 is 0 Å². The summed E-state index contributed by atoms with van der Waals surface area (Å²) in [5.41, 5.74) is 0.950. The molecule has 2 aromatic carbocycles. The average molecular weight is 427 g/mol. The normalized spacial score (nSPS) is 13.9. The summed E-state index contributed by atoms with van der Waals surface area (Å²) < 4.78 is 65.0. The van der Waals surface area contributed by atoms with E-state index in [2.05, 4.69) is 4.72 Å². The summed E-state index contributed by atoms with van der Waals surface area (Å²) in [6.45, 7) is 2.54. The Labute approximate surface area is 165 Å². The molecule has 0 bridgehead atoms. The Morgan fingerprint density at radius 1 is 1.11 bits per heavy atom. The van der Waals surface area contributed by atoms with Crippen molar-refractivity contribution in [2.45, 2.75) is 23.1 Å². The molecule has 0 saturated carbocycles. The highest BCUT2D eigenvalue weighted by Gasteiger charge is 2.25. The molecule has 0 amide bonds. The zero-order valence-electron chi connectivity index (χ0n) is 15.8. The SMILES string of the molecule is CCOc1ccc(NS(=O)(=O)c2ccc3c(c2)CCO3)cc1S(=O)(=O)N(C)C. The molecule has 0 aliphatic carbocycles. The lowest BCUT2D eigenvalue weighted by atomic mass is 10.2. The van der Waals surface area contributed by atoms with Gasteiger partial charge in [0.1, 0.15) is 16.4 Å². The third-order valence-corrected chi connectivity index (χ3v) is 7.44. The quantitative estimate of drug-likeness (QED) is 0.727. The number of benzene rings is 2. The molecule has 8 nitrogen and oxygen atoms in total. The van der Waals surface area contributed by atoms with Gasteiger partial charge in [-0.1, -0.05) is 0 Å². The van der Waals surface area contributed by atoms with Crippen molar-refractivity contribution in [2.24, 2.45) is 0 Å². The number of anilines is 1. The van der Waals surface area contributed by atoms with Crippen LogP contribution in [-0.4, -0.2) is 48.4 Å². The minimum atomic E-state index is -3.90. The van der Waals surface area contributed by atoms with E-state index in [1.807, 2.05) is 0 Å². The smallest absolute Gasteiger partial charge is 0.261 e. The molecular weight excluding hydrogens is 404 g/mol. The fourth-order valence-electron chi connectivity index (χ4n) is 2.79. The van der Waals surface area contributed by atoms with Crippen molar-refractivity contribution < 1.29 is 26.3 Å². The lowest BCUT2D eigenvalue weighted by Crippen LogP contribution is -2.23. The molecule has 0 fully saturated rings. The van der Waals surface area contributed by atoms with E-state index in [0.29, 0.717) is 18.8 Å². The van der Waals surface area contributed by atoms with Gasteiger partial charge in [0.25, 0.3) is 10.0 Å². The minimum absolute atomic E-state index is 0.0858. The maximum absolute atomic E-state index is 12.8. The van der Waals surface area contributed by atoms with E-state index in [9.17, 15) is 16.8 Å². The van der Waals surface area contributed by atoms with Gasteiger partial charge in [-0.05, 0) is 48.9 Å². The molecule has 0 spiro atoms. The summed E-state index contributed by atoms with van der Waals surface area (Å²) in [7, 11) is -4.93. The molecule has 0 radical (unpaired) electrons. The number of nitrogens with zero attached hydrogens (tertiary/aromatic N) is 1. The maximum Gasteiger partial charge on any atom is 0.261 e. The summed E-state index contributed by atoms with van der Waals surface area (Å²) in [6.07, 6.45) is 0.646. The lowest BCUT2D eigenvalue weighted by Gasteiger charge is -2.17. The highest BCUT2D eigenvalue weighted by atomic mass is 32.2. The Bertz CT molecular complexity index is 1100. The van der Waals surface area contributed by atoms with Gasteiger partial charge in [-0.3, -0.25) is 4.72 Å². The van der Waals surface area contributed by atoms with Crippen molar-refractivity contribution in [3.63, 3.8) is 0 Å². The van der Waals surface area contributed by atoms with Gasteiger partial charge in [0, 0.05) is 20.5 Å². The molecule has 0 unspecified atom stereocenters.